The Morgan fingerprint density at radius 2 is 1.86 bits per heavy atom. The molecule has 0 aliphatic heterocycles. The highest BCUT2D eigenvalue weighted by Crippen LogP contribution is 2.18. The van der Waals surface area contributed by atoms with Gasteiger partial charge in [-0.25, -0.2) is 4.79 Å². The molecule has 0 unspecified atom stereocenters. The number of nitro groups is 1. The fourth-order valence-electron chi connectivity index (χ4n) is 1.36. The van der Waals surface area contributed by atoms with Crippen LogP contribution >= 0.6 is 0 Å². The zero-order valence-electron chi connectivity index (χ0n) is 11.9. The van der Waals surface area contributed by atoms with Crippen molar-refractivity contribution in [3.63, 3.8) is 0 Å². The summed E-state index contributed by atoms with van der Waals surface area (Å²) in [6, 6.07) is 5.25. The lowest BCUT2D eigenvalue weighted by molar-refractivity contribution is -0.384. The molecule has 0 saturated heterocycles. The maximum atomic E-state index is 11.9. The summed E-state index contributed by atoms with van der Waals surface area (Å²) < 4.78 is 5.19. The molecule has 0 heterocycles. The molecule has 8 heteroatoms. The summed E-state index contributed by atoms with van der Waals surface area (Å²) in [5, 5.41) is 19.5. The summed E-state index contributed by atoms with van der Waals surface area (Å²) in [6.07, 6.45) is 0. The van der Waals surface area contributed by atoms with Crippen LogP contribution in [0.3, 0.4) is 0 Å². The number of carboxylic acid groups (broad SMARTS) is 1. The van der Waals surface area contributed by atoms with E-state index in [4.69, 9.17) is 9.84 Å². The highest BCUT2D eigenvalue weighted by Gasteiger charge is 2.35. The van der Waals surface area contributed by atoms with E-state index < -0.39 is 22.3 Å². The molecule has 0 spiro atoms. The molecule has 0 fully saturated rings. The molecule has 1 amide bonds. The standard InChI is InChI=1S/C13H16N2O6/c1-13(2,12(17)18)14(3)11(16)8-21-10-6-4-9(5-7-10)15(19)20/h4-7H,8H2,1-3H3,(H,17,18). The van der Waals surface area contributed by atoms with Gasteiger partial charge in [0.2, 0.25) is 0 Å². The second-order valence-electron chi connectivity index (χ2n) is 4.86. The number of amides is 1. The topological polar surface area (TPSA) is 110 Å². The molecular formula is C13H16N2O6. The van der Waals surface area contributed by atoms with Gasteiger partial charge in [0.15, 0.2) is 6.61 Å². The predicted molar refractivity (Wildman–Crippen MR) is 73.1 cm³/mol. The predicted octanol–water partition coefficient (Wildman–Crippen LogP) is 1.30. The van der Waals surface area contributed by atoms with E-state index in [1.807, 2.05) is 0 Å². The number of non-ortho nitro benzene ring substituents is 1. The number of nitrogens with zero attached hydrogens (tertiary/aromatic N) is 2. The van der Waals surface area contributed by atoms with Gasteiger partial charge in [0.05, 0.1) is 4.92 Å². The number of carboxylic acids is 1. The number of likely N-dealkylation sites (N-methyl/N-ethyl adjacent to an activating group) is 1. The average Bonchev–Trinajstić information content (AvgIpc) is 2.44. The van der Waals surface area contributed by atoms with Crippen LogP contribution in [0.15, 0.2) is 24.3 Å². The second-order valence-corrected chi connectivity index (χ2v) is 4.86. The van der Waals surface area contributed by atoms with Gasteiger partial charge >= 0.3 is 5.97 Å². The molecule has 0 aliphatic rings. The number of carbonyl (C=O) groups excluding carboxylic acids is 1. The van der Waals surface area contributed by atoms with Gasteiger partial charge in [-0.3, -0.25) is 14.9 Å². The molecule has 0 aromatic heterocycles. The third kappa shape index (κ3) is 3.91. The van der Waals surface area contributed by atoms with E-state index >= 15 is 0 Å². The fraction of sp³-hybridized carbons (Fsp3) is 0.385. The quantitative estimate of drug-likeness (QED) is 0.625. The van der Waals surface area contributed by atoms with Crippen molar-refractivity contribution in [2.24, 2.45) is 0 Å². The molecule has 114 valence electrons. The first-order valence-electron chi connectivity index (χ1n) is 6.03. The smallest absolute Gasteiger partial charge is 0.329 e. The van der Waals surface area contributed by atoms with Crippen molar-refractivity contribution in [1.82, 2.24) is 4.90 Å². The van der Waals surface area contributed by atoms with E-state index in [1.54, 1.807) is 0 Å². The second kappa shape index (κ2) is 6.21. The van der Waals surface area contributed by atoms with Crippen molar-refractivity contribution in [1.29, 1.82) is 0 Å². The van der Waals surface area contributed by atoms with Crippen molar-refractivity contribution >= 4 is 17.6 Å². The van der Waals surface area contributed by atoms with E-state index in [0.717, 1.165) is 4.90 Å². The van der Waals surface area contributed by atoms with Gasteiger partial charge in [0.1, 0.15) is 11.3 Å². The minimum Gasteiger partial charge on any atom is -0.484 e. The molecular weight excluding hydrogens is 280 g/mol. The summed E-state index contributed by atoms with van der Waals surface area (Å²) in [7, 11) is 1.37. The minimum absolute atomic E-state index is 0.0854. The van der Waals surface area contributed by atoms with Crippen LogP contribution in [0.25, 0.3) is 0 Å². The normalized spacial score (nSPS) is 10.8. The van der Waals surface area contributed by atoms with Gasteiger partial charge in [-0.1, -0.05) is 0 Å². The molecule has 0 bridgehead atoms. The molecule has 0 aliphatic carbocycles. The molecule has 0 atom stereocenters. The van der Waals surface area contributed by atoms with Crippen LogP contribution in [-0.4, -0.2) is 46.0 Å². The Morgan fingerprint density at radius 1 is 1.33 bits per heavy atom. The van der Waals surface area contributed by atoms with Crippen LogP contribution in [0.1, 0.15) is 13.8 Å². The number of hydrogen-bond donors (Lipinski definition) is 1. The van der Waals surface area contributed by atoms with Crippen LogP contribution in [0, 0.1) is 10.1 Å². The number of ether oxygens (including phenoxy) is 1. The Hall–Kier alpha value is -2.64. The zero-order chi connectivity index (χ0) is 16.2. The number of aliphatic carboxylic acids is 1. The first-order valence-corrected chi connectivity index (χ1v) is 6.03. The molecule has 0 saturated carbocycles. The summed E-state index contributed by atoms with van der Waals surface area (Å²) in [5.41, 5.74) is -1.44. The third-order valence-corrected chi connectivity index (χ3v) is 3.15. The summed E-state index contributed by atoms with van der Waals surface area (Å²) >= 11 is 0. The lowest BCUT2D eigenvalue weighted by atomic mass is 10.0. The number of hydrogen-bond acceptors (Lipinski definition) is 5. The lowest BCUT2D eigenvalue weighted by Gasteiger charge is -2.31. The van der Waals surface area contributed by atoms with Crippen molar-refractivity contribution in [3.05, 3.63) is 34.4 Å². The summed E-state index contributed by atoms with van der Waals surface area (Å²) in [5.74, 6) is -1.36. The van der Waals surface area contributed by atoms with Crippen LogP contribution in [0.5, 0.6) is 5.75 Å². The number of rotatable bonds is 6. The number of carbonyl (C=O) groups is 2. The van der Waals surface area contributed by atoms with Crippen molar-refractivity contribution in [2.75, 3.05) is 13.7 Å². The molecule has 0 radical (unpaired) electrons. The summed E-state index contributed by atoms with van der Waals surface area (Å²) in [4.78, 5) is 33.9. The Balaban J connectivity index is 2.64. The SMILES string of the molecule is CN(C(=O)COc1ccc([N+](=O)[O-])cc1)C(C)(C)C(=O)O. The van der Waals surface area contributed by atoms with Gasteiger partial charge in [-0.2, -0.15) is 0 Å². The summed E-state index contributed by atoms with van der Waals surface area (Å²) in [6.45, 7) is 2.45. The lowest BCUT2D eigenvalue weighted by Crippen LogP contribution is -2.52. The van der Waals surface area contributed by atoms with Gasteiger partial charge in [-0.15, -0.1) is 0 Å². The van der Waals surface area contributed by atoms with Crippen LogP contribution in [0.2, 0.25) is 0 Å². The monoisotopic (exact) mass is 296 g/mol. The number of nitro benzene ring substituents is 1. The highest BCUT2D eigenvalue weighted by molar-refractivity contribution is 5.86. The van der Waals surface area contributed by atoms with Crippen LogP contribution in [0.4, 0.5) is 5.69 Å². The third-order valence-electron chi connectivity index (χ3n) is 3.15. The molecule has 1 N–H and O–H groups in total. The Bertz CT molecular complexity index is 552. The van der Waals surface area contributed by atoms with E-state index in [0.29, 0.717) is 0 Å². The maximum Gasteiger partial charge on any atom is 0.329 e. The highest BCUT2D eigenvalue weighted by atomic mass is 16.6. The first-order chi connectivity index (χ1) is 9.66. The van der Waals surface area contributed by atoms with E-state index in [1.165, 1.54) is 45.2 Å². The van der Waals surface area contributed by atoms with Crippen LogP contribution in [-0.2, 0) is 9.59 Å². The largest absolute Gasteiger partial charge is 0.484 e. The molecule has 21 heavy (non-hydrogen) atoms. The molecule has 1 aromatic rings. The fourth-order valence-corrected chi connectivity index (χ4v) is 1.36. The van der Waals surface area contributed by atoms with Crippen LogP contribution < -0.4 is 4.74 Å². The van der Waals surface area contributed by atoms with Crippen molar-refractivity contribution in [3.8, 4) is 5.75 Å². The Kier molecular flexibility index (Phi) is 4.85. The maximum absolute atomic E-state index is 11.9. The Labute approximate surface area is 121 Å². The molecule has 1 aromatic carbocycles. The van der Waals surface area contributed by atoms with Gasteiger partial charge in [-0.05, 0) is 26.0 Å². The minimum atomic E-state index is -1.35. The zero-order valence-corrected chi connectivity index (χ0v) is 11.9. The number of benzene rings is 1. The van der Waals surface area contributed by atoms with Gasteiger partial charge < -0.3 is 14.7 Å². The average molecular weight is 296 g/mol. The Morgan fingerprint density at radius 3 is 2.29 bits per heavy atom. The van der Waals surface area contributed by atoms with E-state index in [9.17, 15) is 19.7 Å². The van der Waals surface area contributed by atoms with Gasteiger partial charge in [0.25, 0.3) is 11.6 Å². The van der Waals surface area contributed by atoms with E-state index in [2.05, 4.69) is 0 Å². The van der Waals surface area contributed by atoms with Gasteiger partial charge in [0, 0.05) is 19.2 Å². The first kappa shape index (κ1) is 16.4. The molecule has 8 nitrogen and oxygen atoms in total. The van der Waals surface area contributed by atoms with Crippen molar-refractivity contribution < 1.29 is 24.4 Å². The molecule has 1 rings (SSSR count). The van der Waals surface area contributed by atoms with Crippen molar-refractivity contribution in [2.45, 2.75) is 19.4 Å². The van der Waals surface area contributed by atoms with E-state index in [-0.39, 0.29) is 18.0 Å².